The molecule has 0 spiro atoms. The predicted molar refractivity (Wildman–Crippen MR) is 90.6 cm³/mol. The van der Waals surface area contributed by atoms with Crippen molar-refractivity contribution < 1.29 is 4.79 Å². The molecule has 0 aliphatic rings. The van der Waals surface area contributed by atoms with Crippen LogP contribution < -0.4 is 0 Å². The van der Waals surface area contributed by atoms with Gasteiger partial charge in [-0.2, -0.15) is 0 Å². The summed E-state index contributed by atoms with van der Waals surface area (Å²) in [6.45, 7) is 1.06. The van der Waals surface area contributed by atoms with E-state index in [1.165, 1.54) is 23.0 Å². The van der Waals surface area contributed by atoms with Gasteiger partial charge in [0.1, 0.15) is 17.8 Å². The minimum Gasteiger partial charge on any atom is -0.333 e. The van der Waals surface area contributed by atoms with Crippen LogP contribution in [0.4, 0.5) is 0 Å². The summed E-state index contributed by atoms with van der Waals surface area (Å²) in [6, 6.07) is 10.1. The topological polar surface area (TPSA) is 63.9 Å². The highest BCUT2D eigenvalue weighted by Gasteiger charge is 2.18. The second-order valence-corrected chi connectivity index (χ2v) is 5.74. The zero-order valence-corrected chi connectivity index (χ0v) is 13.9. The molecule has 0 bridgehead atoms. The molecule has 0 N–H and O–H groups in total. The van der Waals surface area contributed by atoms with Crippen LogP contribution in [0.3, 0.4) is 0 Å². The normalized spacial score (nSPS) is 10.6. The van der Waals surface area contributed by atoms with E-state index >= 15 is 0 Å². The lowest BCUT2D eigenvalue weighted by molar-refractivity contribution is 0.0774. The molecule has 3 rings (SSSR count). The van der Waals surface area contributed by atoms with E-state index in [0.29, 0.717) is 13.1 Å². The first-order valence-electron chi connectivity index (χ1n) is 7.40. The van der Waals surface area contributed by atoms with Gasteiger partial charge in [0.05, 0.1) is 11.6 Å². The highest BCUT2D eigenvalue weighted by molar-refractivity contribution is 6.33. The molecule has 0 unspecified atom stereocenters. The standard InChI is InChI=1S/C17H16ClN5O/c1-22(17(24)16-14(18)9-19-12-21-16)11-15-20-7-8-23(15)10-13-5-3-2-4-6-13/h2-9,12H,10-11H2,1H3. The molecule has 2 heterocycles. The molecule has 24 heavy (non-hydrogen) atoms. The molecule has 2 aromatic heterocycles. The second kappa shape index (κ2) is 7.23. The van der Waals surface area contributed by atoms with Gasteiger partial charge in [-0.1, -0.05) is 41.9 Å². The molecule has 0 aliphatic carbocycles. The lowest BCUT2D eigenvalue weighted by Gasteiger charge is -2.17. The van der Waals surface area contributed by atoms with Crippen LogP contribution in [0.2, 0.25) is 5.02 Å². The van der Waals surface area contributed by atoms with Gasteiger partial charge in [-0.25, -0.2) is 15.0 Å². The van der Waals surface area contributed by atoms with E-state index in [1.807, 2.05) is 29.0 Å². The van der Waals surface area contributed by atoms with Gasteiger partial charge in [0.2, 0.25) is 0 Å². The zero-order valence-electron chi connectivity index (χ0n) is 13.1. The summed E-state index contributed by atoms with van der Waals surface area (Å²) >= 11 is 5.99. The molecule has 0 radical (unpaired) electrons. The third-order valence-electron chi connectivity index (χ3n) is 3.59. The monoisotopic (exact) mass is 341 g/mol. The first kappa shape index (κ1) is 16.1. The Labute approximate surface area is 144 Å². The molecular formula is C17H16ClN5O. The Morgan fingerprint density at radius 3 is 2.79 bits per heavy atom. The first-order valence-corrected chi connectivity index (χ1v) is 7.78. The maximum atomic E-state index is 12.5. The predicted octanol–water partition coefficient (Wildman–Crippen LogP) is 2.65. The molecule has 3 aromatic rings. The fourth-order valence-corrected chi connectivity index (χ4v) is 2.54. The zero-order chi connectivity index (χ0) is 16.9. The number of carbonyl (C=O) groups excluding carboxylic acids is 1. The Balaban J connectivity index is 1.74. The smallest absolute Gasteiger partial charge is 0.274 e. The van der Waals surface area contributed by atoms with Crippen molar-refractivity contribution in [2.24, 2.45) is 0 Å². The number of aromatic nitrogens is 4. The summed E-state index contributed by atoms with van der Waals surface area (Å²) in [5.74, 6) is 0.525. The van der Waals surface area contributed by atoms with E-state index in [2.05, 4.69) is 27.1 Å². The van der Waals surface area contributed by atoms with Gasteiger partial charge in [0.15, 0.2) is 0 Å². The SMILES string of the molecule is CN(Cc1nccn1Cc1ccccc1)C(=O)c1ncncc1Cl. The number of nitrogens with zero attached hydrogens (tertiary/aromatic N) is 5. The van der Waals surface area contributed by atoms with E-state index < -0.39 is 0 Å². The van der Waals surface area contributed by atoms with Crippen LogP contribution in [0.25, 0.3) is 0 Å². The lowest BCUT2D eigenvalue weighted by Crippen LogP contribution is -2.28. The van der Waals surface area contributed by atoms with Crippen molar-refractivity contribution in [3.05, 3.63) is 77.4 Å². The summed E-state index contributed by atoms with van der Waals surface area (Å²) in [7, 11) is 1.70. The van der Waals surface area contributed by atoms with Crippen molar-refractivity contribution >= 4 is 17.5 Å². The fraction of sp³-hybridized carbons (Fsp3) is 0.176. The molecule has 122 valence electrons. The van der Waals surface area contributed by atoms with Crippen LogP contribution in [-0.2, 0) is 13.1 Å². The number of carbonyl (C=O) groups is 1. The van der Waals surface area contributed by atoms with E-state index in [1.54, 1.807) is 13.2 Å². The van der Waals surface area contributed by atoms with Gasteiger partial charge in [-0.05, 0) is 5.56 Å². The number of hydrogen-bond donors (Lipinski definition) is 0. The fourth-order valence-electron chi connectivity index (χ4n) is 2.35. The summed E-state index contributed by atoms with van der Waals surface area (Å²) in [4.78, 5) is 26.1. The third kappa shape index (κ3) is 3.60. The van der Waals surface area contributed by atoms with Crippen molar-refractivity contribution in [1.29, 1.82) is 0 Å². The van der Waals surface area contributed by atoms with Gasteiger partial charge in [0.25, 0.3) is 5.91 Å². The van der Waals surface area contributed by atoms with Crippen molar-refractivity contribution in [3.63, 3.8) is 0 Å². The number of halogens is 1. The molecule has 6 nitrogen and oxygen atoms in total. The van der Waals surface area contributed by atoms with Crippen LogP contribution in [0.5, 0.6) is 0 Å². The molecule has 1 amide bonds. The Kier molecular flexibility index (Phi) is 4.86. The second-order valence-electron chi connectivity index (χ2n) is 5.34. The summed E-state index contributed by atoms with van der Waals surface area (Å²) in [5.41, 5.74) is 1.36. The summed E-state index contributed by atoms with van der Waals surface area (Å²) in [5, 5.41) is 0.238. The molecular weight excluding hydrogens is 326 g/mol. The van der Waals surface area contributed by atoms with Crippen molar-refractivity contribution in [2.75, 3.05) is 7.05 Å². The Bertz CT molecular complexity index is 834. The molecule has 1 aromatic carbocycles. The number of imidazole rings is 1. The van der Waals surface area contributed by atoms with Crippen LogP contribution in [0.15, 0.2) is 55.2 Å². The highest BCUT2D eigenvalue weighted by atomic mass is 35.5. The van der Waals surface area contributed by atoms with Crippen LogP contribution in [0, 0.1) is 0 Å². The molecule has 0 fully saturated rings. The average Bonchev–Trinajstić information content (AvgIpc) is 3.02. The maximum Gasteiger partial charge on any atom is 0.274 e. The Hall–Kier alpha value is -2.73. The Morgan fingerprint density at radius 2 is 2.04 bits per heavy atom. The minimum atomic E-state index is -0.267. The number of hydrogen-bond acceptors (Lipinski definition) is 4. The van der Waals surface area contributed by atoms with E-state index in [4.69, 9.17) is 11.6 Å². The van der Waals surface area contributed by atoms with Crippen LogP contribution in [0.1, 0.15) is 21.9 Å². The average molecular weight is 342 g/mol. The minimum absolute atomic E-state index is 0.190. The first-order chi connectivity index (χ1) is 11.6. The van der Waals surface area contributed by atoms with E-state index in [0.717, 1.165) is 5.82 Å². The van der Waals surface area contributed by atoms with Gasteiger partial charge >= 0.3 is 0 Å². The number of benzene rings is 1. The van der Waals surface area contributed by atoms with Gasteiger partial charge in [-0.3, -0.25) is 4.79 Å². The number of rotatable bonds is 5. The molecule has 0 saturated heterocycles. The van der Waals surface area contributed by atoms with E-state index in [-0.39, 0.29) is 16.6 Å². The van der Waals surface area contributed by atoms with Gasteiger partial charge in [-0.15, -0.1) is 0 Å². The summed E-state index contributed by atoms with van der Waals surface area (Å²) < 4.78 is 2.01. The lowest BCUT2D eigenvalue weighted by atomic mass is 10.2. The van der Waals surface area contributed by atoms with Crippen LogP contribution in [-0.4, -0.2) is 37.4 Å². The molecule has 0 saturated carbocycles. The molecule has 0 atom stereocenters. The molecule has 0 aliphatic heterocycles. The van der Waals surface area contributed by atoms with Crippen molar-refractivity contribution in [2.45, 2.75) is 13.1 Å². The molecule has 7 heteroatoms. The largest absolute Gasteiger partial charge is 0.333 e. The van der Waals surface area contributed by atoms with E-state index in [9.17, 15) is 4.79 Å². The van der Waals surface area contributed by atoms with Crippen molar-refractivity contribution in [1.82, 2.24) is 24.4 Å². The Morgan fingerprint density at radius 1 is 1.25 bits per heavy atom. The quantitative estimate of drug-likeness (QED) is 0.715. The number of amides is 1. The highest BCUT2D eigenvalue weighted by Crippen LogP contribution is 2.14. The summed E-state index contributed by atoms with van der Waals surface area (Å²) in [6.07, 6.45) is 6.35. The maximum absolute atomic E-state index is 12.5. The van der Waals surface area contributed by atoms with Crippen molar-refractivity contribution in [3.8, 4) is 0 Å². The van der Waals surface area contributed by atoms with Gasteiger partial charge in [0, 0.05) is 32.2 Å². The van der Waals surface area contributed by atoms with Gasteiger partial charge < -0.3 is 9.47 Å². The van der Waals surface area contributed by atoms with Crippen LogP contribution >= 0.6 is 11.6 Å². The third-order valence-corrected chi connectivity index (χ3v) is 3.87.